The molecule has 1 N–H and O–H groups in total. The number of nitriles is 1. The van der Waals surface area contributed by atoms with Crippen molar-refractivity contribution in [2.24, 2.45) is 0 Å². The summed E-state index contributed by atoms with van der Waals surface area (Å²) in [6, 6.07) is 12.7. The molecule has 0 unspecified atom stereocenters. The van der Waals surface area contributed by atoms with Crippen molar-refractivity contribution in [2.75, 3.05) is 0 Å². The first-order chi connectivity index (χ1) is 11.0. The number of nitrogens with zero attached hydrogens (tertiary/aromatic N) is 2. The normalized spacial score (nSPS) is 11.6. The molecular formula is C16H10F3N3S. The van der Waals surface area contributed by atoms with Crippen LogP contribution in [0.25, 0.3) is 11.0 Å². The molecule has 0 aliphatic rings. The van der Waals surface area contributed by atoms with Crippen molar-refractivity contribution in [1.82, 2.24) is 9.97 Å². The minimum Gasteiger partial charge on any atom is -0.333 e. The Hall–Kier alpha value is -2.46. The molecule has 3 nitrogen and oxygen atoms in total. The van der Waals surface area contributed by atoms with E-state index in [9.17, 15) is 13.2 Å². The summed E-state index contributed by atoms with van der Waals surface area (Å²) in [6.45, 7) is 0. The van der Waals surface area contributed by atoms with E-state index >= 15 is 0 Å². The second-order valence-electron chi connectivity index (χ2n) is 4.87. The molecule has 0 amide bonds. The Bertz CT molecular complexity index is 893. The number of imidazole rings is 1. The van der Waals surface area contributed by atoms with Gasteiger partial charge in [0.1, 0.15) is 0 Å². The zero-order chi connectivity index (χ0) is 16.4. The molecule has 0 bridgehead atoms. The predicted octanol–water partition coefficient (Wildman–Crippen LogP) is 4.75. The summed E-state index contributed by atoms with van der Waals surface area (Å²) >= 11 is 1.37. The second-order valence-corrected chi connectivity index (χ2v) is 5.84. The van der Waals surface area contributed by atoms with Gasteiger partial charge in [-0.25, -0.2) is 4.98 Å². The van der Waals surface area contributed by atoms with Gasteiger partial charge in [-0.15, -0.1) is 0 Å². The van der Waals surface area contributed by atoms with Gasteiger partial charge in [-0.05, 0) is 35.9 Å². The maximum Gasteiger partial charge on any atom is 0.416 e. The molecule has 7 heteroatoms. The first-order valence-electron chi connectivity index (χ1n) is 6.64. The number of nitrogens with one attached hydrogen (secondary N) is 1. The number of aromatic nitrogens is 2. The van der Waals surface area contributed by atoms with Gasteiger partial charge in [-0.2, -0.15) is 18.4 Å². The number of halogens is 3. The molecule has 0 aliphatic heterocycles. The van der Waals surface area contributed by atoms with Gasteiger partial charge in [0.15, 0.2) is 5.16 Å². The van der Waals surface area contributed by atoms with Gasteiger partial charge < -0.3 is 4.98 Å². The highest BCUT2D eigenvalue weighted by molar-refractivity contribution is 7.98. The third-order valence-corrected chi connectivity index (χ3v) is 4.16. The number of H-pyrrole nitrogens is 1. The SMILES string of the molecule is N#Cc1cccc(CSc2nc3ccc(C(F)(F)F)cc3[nH]2)c1. The molecular weight excluding hydrogens is 323 g/mol. The van der Waals surface area contributed by atoms with Crippen LogP contribution >= 0.6 is 11.8 Å². The predicted molar refractivity (Wildman–Crippen MR) is 81.8 cm³/mol. The topological polar surface area (TPSA) is 52.5 Å². The van der Waals surface area contributed by atoms with E-state index in [2.05, 4.69) is 16.0 Å². The number of rotatable bonds is 3. The fourth-order valence-corrected chi connectivity index (χ4v) is 2.94. The van der Waals surface area contributed by atoms with Gasteiger partial charge in [0, 0.05) is 5.75 Å². The van der Waals surface area contributed by atoms with Crippen LogP contribution in [0, 0.1) is 11.3 Å². The Kier molecular flexibility index (Phi) is 4.01. The van der Waals surface area contributed by atoms with Gasteiger partial charge in [0.2, 0.25) is 0 Å². The zero-order valence-electron chi connectivity index (χ0n) is 11.7. The third-order valence-electron chi connectivity index (χ3n) is 3.22. The Morgan fingerprint density at radius 1 is 1.17 bits per heavy atom. The number of thioether (sulfide) groups is 1. The molecule has 0 spiro atoms. The lowest BCUT2D eigenvalue weighted by Crippen LogP contribution is -2.04. The highest BCUT2D eigenvalue weighted by Gasteiger charge is 2.30. The molecule has 3 aromatic rings. The first-order valence-corrected chi connectivity index (χ1v) is 7.63. The monoisotopic (exact) mass is 333 g/mol. The van der Waals surface area contributed by atoms with E-state index < -0.39 is 11.7 Å². The van der Waals surface area contributed by atoms with Gasteiger partial charge >= 0.3 is 6.18 Å². The van der Waals surface area contributed by atoms with Crippen LogP contribution in [0.2, 0.25) is 0 Å². The van der Waals surface area contributed by atoms with Crippen LogP contribution in [0.15, 0.2) is 47.6 Å². The molecule has 3 rings (SSSR count). The number of hydrogen-bond acceptors (Lipinski definition) is 3. The molecule has 23 heavy (non-hydrogen) atoms. The lowest BCUT2D eigenvalue weighted by atomic mass is 10.2. The summed E-state index contributed by atoms with van der Waals surface area (Å²) in [6.07, 6.45) is -4.37. The smallest absolute Gasteiger partial charge is 0.333 e. The maximum atomic E-state index is 12.7. The van der Waals surface area contributed by atoms with Crippen molar-refractivity contribution in [2.45, 2.75) is 17.1 Å². The molecule has 2 aromatic carbocycles. The van der Waals surface area contributed by atoms with Crippen LogP contribution < -0.4 is 0 Å². The average molecular weight is 333 g/mol. The van der Waals surface area contributed by atoms with Crippen LogP contribution in [-0.4, -0.2) is 9.97 Å². The van der Waals surface area contributed by atoms with Crippen LogP contribution in [0.3, 0.4) is 0 Å². The summed E-state index contributed by atoms with van der Waals surface area (Å²) in [7, 11) is 0. The summed E-state index contributed by atoms with van der Waals surface area (Å²) < 4.78 is 38.1. The summed E-state index contributed by atoms with van der Waals surface area (Å²) in [5.74, 6) is 0.571. The third kappa shape index (κ3) is 3.48. The summed E-state index contributed by atoms with van der Waals surface area (Å²) in [4.78, 5) is 7.16. The lowest BCUT2D eigenvalue weighted by Gasteiger charge is -2.05. The zero-order valence-corrected chi connectivity index (χ0v) is 12.5. The highest BCUT2D eigenvalue weighted by atomic mass is 32.2. The van der Waals surface area contributed by atoms with Gasteiger partial charge in [-0.1, -0.05) is 23.9 Å². The fraction of sp³-hybridized carbons (Fsp3) is 0.125. The number of fused-ring (bicyclic) bond motifs is 1. The van der Waals surface area contributed by atoms with Crippen molar-refractivity contribution in [3.63, 3.8) is 0 Å². The van der Waals surface area contributed by atoms with E-state index in [0.717, 1.165) is 17.7 Å². The van der Waals surface area contributed by atoms with E-state index in [4.69, 9.17) is 5.26 Å². The quantitative estimate of drug-likeness (QED) is 0.704. The van der Waals surface area contributed by atoms with Gasteiger partial charge in [0.25, 0.3) is 0 Å². The number of hydrogen-bond donors (Lipinski definition) is 1. The molecule has 1 aromatic heterocycles. The van der Waals surface area contributed by atoms with E-state index in [1.165, 1.54) is 17.8 Å². The molecule has 0 atom stereocenters. The fourth-order valence-electron chi connectivity index (χ4n) is 2.11. The minimum atomic E-state index is -4.37. The Morgan fingerprint density at radius 3 is 2.74 bits per heavy atom. The van der Waals surface area contributed by atoms with Crippen LogP contribution in [0.1, 0.15) is 16.7 Å². The van der Waals surface area contributed by atoms with Gasteiger partial charge in [-0.3, -0.25) is 0 Å². The summed E-state index contributed by atoms with van der Waals surface area (Å²) in [5, 5.41) is 9.41. The van der Waals surface area contributed by atoms with Crippen molar-refractivity contribution < 1.29 is 13.2 Å². The number of benzene rings is 2. The molecule has 116 valence electrons. The molecule has 0 saturated heterocycles. The van der Waals surface area contributed by atoms with E-state index in [1.54, 1.807) is 18.2 Å². The van der Waals surface area contributed by atoms with Crippen molar-refractivity contribution in [3.8, 4) is 6.07 Å². The number of alkyl halides is 3. The molecule has 0 radical (unpaired) electrons. The second kappa shape index (κ2) is 5.97. The van der Waals surface area contributed by atoms with Crippen molar-refractivity contribution in [3.05, 3.63) is 59.2 Å². The Balaban J connectivity index is 1.79. The largest absolute Gasteiger partial charge is 0.416 e. The average Bonchev–Trinajstić information content (AvgIpc) is 2.94. The Labute approximate surface area is 134 Å². The first kappa shape index (κ1) is 15.4. The molecule has 1 heterocycles. The van der Waals surface area contributed by atoms with Crippen LogP contribution in [0.5, 0.6) is 0 Å². The summed E-state index contributed by atoms with van der Waals surface area (Å²) in [5.41, 5.74) is 1.67. The van der Waals surface area contributed by atoms with E-state index in [-0.39, 0.29) is 0 Å². The van der Waals surface area contributed by atoms with Gasteiger partial charge in [0.05, 0.1) is 28.2 Å². The molecule has 0 fully saturated rings. The Morgan fingerprint density at radius 2 is 2.00 bits per heavy atom. The van der Waals surface area contributed by atoms with Crippen LogP contribution in [0.4, 0.5) is 13.2 Å². The standard InChI is InChI=1S/C16H10F3N3S/c17-16(18,19)12-4-5-13-14(7-12)22-15(21-13)23-9-11-3-1-2-10(6-11)8-20/h1-7H,9H2,(H,21,22). The van der Waals surface area contributed by atoms with E-state index in [0.29, 0.717) is 27.5 Å². The van der Waals surface area contributed by atoms with Crippen LogP contribution in [-0.2, 0) is 11.9 Å². The number of aromatic amines is 1. The molecule has 0 saturated carbocycles. The highest BCUT2D eigenvalue weighted by Crippen LogP contribution is 2.32. The van der Waals surface area contributed by atoms with E-state index in [1.807, 2.05) is 6.07 Å². The lowest BCUT2D eigenvalue weighted by molar-refractivity contribution is -0.137. The van der Waals surface area contributed by atoms with Crippen molar-refractivity contribution >= 4 is 22.8 Å². The minimum absolute atomic E-state index is 0.355. The van der Waals surface area contributed by atoms with Crippen molar-refractivity contribution in [1.29, 1.82) is 5.26 Å². The molecule has 0 aliphatic carbocycles. The maximum absolute atomic E-state index is 12.7.